The number of hydrogen-bond acceptors (Lipinski definition) is 5. The third-order valence-electron chi connectivity index (χ3n) is 3.56. The van der Waals surface area contributed by atoms with Crippen molar-refractivity contribution >= 4 is 11.6 Å². The molecule has 104 valence electrons. The van der Waals surface area contributed by atoms with Crippen molar-refractivity contribution in [3.63, 3.8) is 0 Å². The summed E-state index contributed by atoms with van der Waals surface area (Å²) in [5.41, 5.74) is 8.14. The number of nitrogen functional groups attached to an aromatic ring is 1. The van der Waals surface area contributed by atoms with Gasteiger partial charge >= 0.3 is 0 Å². The van der Waals surface area contributed by atoms with Crippen LogP contribution in [0.2, 0.25) is 0 Å². The molecule has 1 aliphatic heterocycles. The van der Waals surface area contributed by atoms with Gasteiger partial charge in [-0.2, -0.15) is 0 Å². The molecule has 20 heavy (non-hydrogen) atoms. The fraction of sp³-hybridized carbons (Fsp3) is 0.333. The van der Waals surface area contributed by atoms with E-state index in [0.29, 0.717) is 12.4 Å². The average molecular weight is 270 g/mol. The number of ether oxygens (including phenoxy) is 1. The predicted octanol–water partition coefficient (Wildman–Crippen LogP) is 2.02. The highest BCUT2D eigenvalue weighted by molar-refractivity contribution is 5.57. The smallest absolute Gasteiger partial charge is 0.137 e. The van der Waals surface area contributed by atoms with Crippen molar-refractivity contribution in [3.05, 3.63) is 41.7 Å². The quantitative estimate of drug-likeness (QED) is 0.904. The Kier molecular flexibility index (Phi) is 3.41. The first-order chi connectivity index (χ1) is 9.79. The second-order valence-corrected chi connectivity index (χ2v) is 4.79. The molecule has 1 aliphatic rings. The minimum atomic E-state index is 0.566. The Morgan fingerprint density at radius 1 is 1.30 bits per heavy atom. The van der Waals surface area contributed by atoms with Crippen LogP contribution < -0.4 is 15.4 Å². The molecule has 5 nitrogen and oxygen atoms in total. The van der Waals surface area contributed by atoms with Crippen molar-refractivity contribution in [1.29, 1.82) is 0 Å². The summed E-state index contributed by atoms with van der Waals surface area (Å²) in [4.78, 5) is 10.7. The number of aromatic nitrogens is 2. The molecule has 2 N–H and O–H groups in total. The van der Waals surface area contributed by atoms with Gasteiger partial charge in [0.15, 0.2) is 0 Å². The molecule has 0 spiro atoms. The minimum Gasteiger partial charge on any atom is -0.491 e. The van der Waals surface area contributed by atoms with E-state index < -0.39 is 0 Å². The van der Waals surface area contributed by atoms with Gasteiger partial charge in [0.1, 0.15) is 30.3 Å². The van der Waals surface area contributed by atoms with Crippen LogP contribution in [0, 0.1) is 0 Å². The Bertz CT molecular complexity index is 615. The van der Waals surface area contributed by atoms with Crippen molar-refractivity contribution in [3.8, 4) is 5.75 Å². The number of rotatable bonds is 2. The normalized spacial score (nSPS) is 14.3. The Morgan fingerprint density at radius 2 is 2.15 bits per heavy atom. The van der Waals surface area contributed by atoms with Gasteiger partial charge in [0.05, 0.1) is 6.54 Å². The molecule has 3 rings (SSSR count). The van der Waals surface area contributed by atoms with Crippen molar-refractivity contribution in [2.75, 3.05) is 23.8 Å². The molecule has 0 fully saturated rings. The van der Waals surface area contributed by atoms with Gasteiger partial charge in [-0.1, -0.05) is 25.1 Å². The second-order valence-electron chi connectivity index (χ2n) is 4.79. The molecular weight excluding hydrogens is 252 g/mol. The third kappa shape index (κ3) is 2.27. The summed E-state index contributed by atoms with van der Waals surface area (Å²) in [5.74, 6) is 2.44. The third-order valence-corrected chi connectivity index (χ3v) is 3.56. The van der Waals surface area contributed by atoms with Crippen LogP contribution in [0.1, 0.15) is 18.1 Å². The Labute approximate surface area is 118 Å². The lowest BCUT2D eigenvalue weighted by molar-refractivity contribution is 0.331. The van der Waals surface area contributed by atoms with Gasteiger partial charge < -0.3 is 15.4 Å². The predicted molar refractivity (Wildman–Crippen MR) is 78.8 cm³/mol. The van der Waals surface area contributed by atoms with Crippen molar-refractivity contribution in [2.45, 2.75) is 19.9 Å². The van der Waals surface area contributed by atoms with Crippen LogP contribution >= 0.6 is 0 Å². The molecule has 0 aliphatic carbocycles. The molecule has 1 aromatic carbocycles. The lowest BCUT2D eigenvalue weighted by atomic mass is 10.1. The number of hydrogen-bond donors (Lipinski definition) is 1. The zero-order valence-electron chi connectivity index (χ0n) is 11.5. The van der Waals surface area contributed by atoms with Crippen molar-refractivity contribution in [1.82, 2.24) is 9.97 Å². The van der Waals surface area contributed by atoms with Crippen LogP contribution in [0.25, 0.3) is 0 Å². The van der Waals surface area contributed by atoms with Gasteiger partial charge in [-0.05, 0) is 12.5 Å². The summed E-state index contributed by atoms with van der Waals surface area (Å²) in [5, 5.41) is 0. The largest absolute Gasteiger partial charge is 0.491 e. The fourth-order valence-electron chi connectivity index (χ4n) is 2.53. The Hall–Kier alpha value is -2.30. The molecule has 0 amide bonds. The summed E-state index contributed by atoms with van der Waals surface area (Å²) in [7, 11) is 0. The zero-order valence-corrected chi connectivity index (χ0v) is 11.5. The molecule has 0 unspecified atom stereocenters. The minimum absolute atomic E-state index is 0.566. The van der Waals surface area contributed by atoms with Gasteiger partial charge in [0, 0.05) is 17.7 Å². The highest BCUT2D eigenvalue weighted by Crippen LogP contribution is 2.28. The molecule has 1 aromatic heterocycles. The maximum Gasteiger partial charge on any atom is 0.137 e. The van der Waals surface area contributed by atoms with E-state index in [-0.39, 0.29) is 0 Å². The van der Waals surface area contributed by atoms with Crippen LogP contribution in [0.5, 0.6) is 5.75 Å². The SMILES string of the molecule is CCc1c(N)ncnc1N1CCOc2ccccc2C1. The maximum absolute atomic E-state index is 5.96. The summed E-state index contributed by atoms with van der Waals surface area (Å²) in [6.07, 6.45) is 2.35. The van der Waals surface area contributed by atoms with Crippen LogP contribution in [0.3, 0.4) is 0 Å². The van der Waals surface area contributed by atoms with E-state index in [1.165, 1.54) is 11.9 Å². The highest BCUT2D eigenvalue weighted by atomic mass is 16.5. The summed E-state index contributed by atoms with van der Waals surface area (Å²) in [6, 6.07) is 8.12. The Morgan fingerprint density at radius 3 is 3.00 bits per heavy atom. The zero-order chi connectivity index (χ0) is 13.9. The van der Waals surface area contributed by atoms with Gasteiger partial charge in [-0.25, -0.2) is 9.97 Å². The van der Waals surface area contributed by atoms with Crippen molar-refractivity contribution < 1.29 is 4.74 Å². The number of nitrogens with two attached hydrogens (primary N) is 1. The summed E-state index contributed by atoms with van der Waals surface area (Å²) >= 11 is 0. The average Bonchev–Trinajstić information content (AvgIpc) is 2.69. The van der Waals surface area contributed by atoms with Crippen LogP contribution in [-0.4, -0.2) is 23.1 Å². The molecular formula is C15H18N4O. The van der Waals surface area contributed by atoms with Crippen molar-refractivity contribution in [2.24, 2.45) is 0 Å². The van der Waals surface area contributed by atoms with E-state index in [4.69, 9.17) is 10.5 Å². The molecule has 2 aromatic rings. The number of nitrogens with zero attached hydrogens (tertiary/aromatic N) is 3. The molecule has 0 atom stereocenters. The highest BCUT2D eigenvalue weighted by Gasteiger charge is 2.19. The van der Waals surface area contributed by atoms with E-state index in [2.05, 4.69) is 27.9 Å². The summed E-state index contributed by atoms with van der Waals surface area (Å²) < 4.78 is 5.79. The van der Waals surface area contributed by atoms with Gasteiger partial charge in [-0.15, -0.1) is 0 Å². The van der Waals surface area contributed by atoms with Gasteiger partial charge in [0.25, 0.3) is 0 Å². The molecule has 2 heterocycles. The molecule has 0 saturated carbocycles. The topological polar surface area (TPSA) is 64.3 Å². The first-order valence-electron chi connectivity index (χ1n) is 6.84. The lowest BCUT2D eigenvalue weighted by Gasteiger charge is -2.23. The van der Waals surface area contributed by atoms with E-state index >= 15 is 0 Å². The summed E-state index contributed by atoms with van der Waals surface area (Å²) in [6.45, 7) is 4.28. The molecule has 0 radical (unpaired) electrons. The molecule has 0 bridgehead atoms. The molecule has 5 heteroatoms. The number of para-hydroxylation sites is 1. The van der Waals surface area contributed by atoms with Crippen LogP contribution in [0.4, 0.5) is 11.6 Å². The van der Waals surface area contributed by atoms with E-state index in [0.717, 1.165) is 36.6 Å². The monoisotopic (exact) mass is 270 g/mol. The van der Waals surface area contributed by atoms with Crippen LogP contribution in [-0.2, 0) is 13.0 Å². The number of anilines is 2. The standard InChI is InChI=1S/C15H18N4O/c1-2-12-14(16)17-10-18-15(12)19-7-8-20-13-6-4-3-5-11(13)9-19/h3-6,10H,2,7-9H2,1H3,(H2,16,17,18). The first-order valence-corrected chi connectivity index (χ1v) is 6.84. The maximum atomic E-state index is 5.96. The van der Waals surface area contributed by atoms with Gasteiger partial charge in [-0.3, -0.25) is 0 Å². The number of fused-ring (bicyclic) bond motifs is 1. The van der Waals surface area contributed by atoms with Crippen LogP contribution in [0.15, 0.2) is 30.6 Å². The van der Waals surface area contributed by atoms with E-state index in [1.807, 2.05) is 18.2 Å². The molecule has 0 saturated heterocycles. The van der Waals surface area contributed by atoms with E-state index in [9.17, 15) is 0 Å². The second kappa shape index (κ2) is 5.36. The van der Waals surface area contributed by atoms with Gasteiger partial charge in [0.2, 0.25) is 0 Å². The lowest BCUT2D eigenvalue weighted by Crippen LogP contribution is -2.27. The first kappa shape index (κ1) is 12.7. The number of benzene rings is 1. The fourth-order valence-corrected chi connectivity index (χ4v) is 2.53. The Balaban J connectivity index is 1.98. The van der Waals surface area contributed by atoms with E-state index in [1.54, 1.807) is 0 Å².